The molecule has 0 aromatic carbocycles. The zero-order valence-corrected chi connectivity index (χ0v) is 11.8. The highest BCUT2D eigenvalue weighted by Gasteiger charge is 2.32. The van der Waals surface area contributed by atoms with Crippen molar-refractivity contribution < 1.29 is 17.9 Å². The zero-order valence-electron chi connectivity index (χ0n) is 11.8. The summed E-state index contributed by atoms with van der Waals surface area (Å²) >= 11 is 0. The third-order valence-electron chi connectivity index (χ3n) is 3.62. The van der Waals surface area contributed by atoms with Gasteiger partial charge in [-0.25, -0.2) is 5.84 Å². The molecule has 0 amide bonds. The van der Waals surface area contributed by atoms with Gasteiger partial charge >= 0.3 is 6.18 Å². The molecule has 0 aliphatic carbocycles. The summed E-state index contributed by atoms with van der Waals surface area (Å²) in [6.07, 6.45) is -1.26. The minimum Gasteiger partial charge on any atom is -0.476 e. The number of nitrogens with zero attached hydrogens (tertiary/aromatic N) is 2. The summed E-state index contributed by atoms with van der Waals surface area (Å²) < 4.78 is 43.8. The topological polar surface area (TPSA) is 63.4 Å². The molecule has 1 aromatic heterocycles. The van der Waals surface area contributed by atoms with Crippen LogP contribution in [-0.4, -0.2) is 36.1 Å². The number of pyridine rings is 1. The van der Waals surface area contributed by atoms with Gasteiger partial charge in [0.2, 0.25) is 5.88 Å². The molecule has 1 fully saturated rings. The van der Waals surface area contributed by atoms with Crippen LogP contribution in [0.1, 0.15) is 24.8 Å². The van der Waals surface area contributed by atoms with E-state index >= 15 is 0 Å². The van der Waals surface area contributed by atoms with Crippen LogP contribution in [0.5, 0.6) is 5.88 Å². The van der Waals surface area contributed by atoms with E-state index in [9.17, 15) is 13.2 Å². The third-order valence-corrected chi connectivity index (χ3v) is 3.62. The largest absolute Gasteiger partial charge is 0.476 e. The molecule has 0 spiro atoms. The number of nitrogens with two attached hydrogens (primary N) is 1. The first-order chi connectivity index (χ1) is 9.90. The molecule has 1 atom stereocenters. The van der Waals surface area contributed by atoms with Crippen molar-refractivity contribution in [3.63, 3.8) is 0 Å². The molecule has 1 aliphatic heterocycles. The van der Waals surface area contributed by atoms with Gasteiger partial charge in [-0.1, -0.05) is 6.42 Å². The molecule has 1 saturated heterocycles. The minimum atomic E-state index is -4.46. The molecule has 1 aromatic rings. The lowest BCUT2D eigenvalue weighted by Gasteiger charge is -2.32. The number of anilines is 1. The number of halogens is 3. The molecule has 1 unspecified atom stereocenters. The SMILES string of the molecule is CN1CCCCC1COc1cc(C(F)(F)F)cc(NN)n1. The molecule has 0 radical (unpaired) electrons. The number of likely N-dealkylation sites (N-methyl/N-ethyl adjacent to an activating group) is 1. The number of hydrogen-bond acceptors (Lipinski definition) is 5. The fourth-order valence-corrected chi connectivity index (χ4v) is 2.35. The lowest BCUT2D eigenvalue weighted by Crippen LogP contribution is -2.40. The van der Waals surface area contributed by atoms with Crippen molar-refractivity contribution in [3.8, 4) is 5.88 Å². The van der Waals surface area contributed by atoms with E-state index in [0.717, 1.165) is 37.9 Å². The number of piperidine rings is 1. The molecule has 21 heavy (non-hydrogen) atoms. The summed E-state index contributed by atoms with van der Waals surface area (Å²) in [5.41, 5.74) is 1.29. The first kappa shape index (κ1) is 15.8. The van der Waals surface area contributed by atoms with Crippen LogP contribution >= 0.6 is 0 Å². The van der Waals surface area contributed by atoms with E-state index in [-0.39, 0.29) is 17.7 Å². The van der Waals surface area contributed by atoms with Crippen LogP contribution in [0.2, 0.25) is 0 Å². The average molecular weight is 304 g/mol. The predicted molar refractivity (Wildman–Crippen MR) is 72.8 cm³/mol. The van der Waals surface area contributed by atoms with Gasteiger partial charge in [-0.15, -0.1) is 0 Å². The first-order valence-corrected chi connectivity index (χ1v) is 6.79. The number of rotatable bonds is 4. The number of ether oxygens (including phenoxy) is 1. The second-order valence-corrected chi connectivity index (χ2v) is 5.16. The van der Waals surface area contributed by atoms with Gasteiger partial charge in [0.15, 0.2) is 0 Å². The number of hydrazine groups is 1. The van der Waals surface area contributed by atoms with Gasteiger partial charge in [-0.2, -0.15) is 18.2 Å². The summed E-state index contributed by atoms with van der Waals surface area (Å²) in [7, 11) is 1.99. The predicted octanol–water partition coefficient (Wildman–Crippen LogP) is 2.25. The van der Waals surface area contributed by atoms with E-state index in [1.807, 2.05) is 7.05 Å². The summed E-state index contributed by atoms with van der Waals surface area (Å²) in [5.74, 6) is 5.00. The lowest BCUT2D eigenvalue weighted by molar-refractivity contribution is -0.137. The molecule has 8 heteroatoms. The van der Waals surface area contributed by atoms with Crippen molar-refractivity contribution in [1.29, 1.82) is 0 Å². The van der Waals surface area contributed by atoms with E-state index in [0.29, 0.717) is 6.61 Å². The molecule has 0 saturated carbocycles. The number of likely N-dealkylation sites (tertiary alicyclic amines) is 1. The molecule has 118 valence electrons. The maximum Gasteiger partial charge on any atom is 0.416 e. The highest BCUT2D eigenvalue weighted by Crippen LogP contribution is 2.32. The number of alkyl halides is 3. The van der Waals surface area contributed by atoms with Crippen LogP contribution in [0.3, 0.4) is 0 Å². The Morgan fingerprint density at radius 1 is 1.43 bits per heavy atom. The lowest BCUT2D eigenvalue weighted by atomic mass is 10.0. The quantitative estimate of drug-likeness (QED) is 0.660. The molecule has 2 heterocycles. The van der Waals surface area contributed by atoms with Crippen molar-refractivity contribution in [3.05, 3.63) is 17.7 Å². The second-order valence-electron chi connectivity index (χ2n) is 5.16. The molecule has 3 N–H and O–H groups in total. The van der Waals surface area contributed by atoms with E-state index in [1.165, 1.54) is 0 Å². The van der Waals surface area contributed by atoms with Crippen molar-refractivity contribution in [2.24, 2.45) is 5.84 Å². The fraction of sp³-hybridized carbons (Fsp3) is 0.615. The third kappa shape index (κ3) is 4.21. The standard InChI is InChI=1S/C13H19F3N4O/c1-20-5-3-2-4-10(20)8-21-12-7-9(13(14,15)16)6-11(18-12)19-17/h6-7,10H,2-5,8,17H2,1H3,(H,18,19). The Kier molecular flexibility index (Phi) is 4.89. The van der Waals surface area contributed by atoms with Gasteiger partial charge in [0.25, 0.3) is 0 Å². The van der Waals surface area contributed by atoms with Gasteiger partial charge in [0.1, 0.15) is 12.4 Å². The van der Waals surface area contributed by atoms with Gasteiger partial charge < -0.3 is 15.1 Å². The Balaban J connectivity index is 2.08. The van der Waals surface area contributed by atoms with E-state index in [2.05, 4.69) is 15.3 Å². The van der Waals surface area contributed by atoms with Crippen LogP contribution in [-0.2, 0) is 6.18 Å². The molecular formula is C13H19F3N4O. The monoisotopic (exact) mass is 304 g/mol. The van der Waals surface area contributed by atoms with Crippen LogP contribution < -0.4 is 16.0 Å². The van der Waals surface area contributed by atoms with Crippen molar-refractivity contribution >= 4 is 5.82 Å². The Morgan fingerprint density at radius 2 is 2.19 bits per heavy atom. The molecule has 5 nitrogen and oxygen atoms in total. The van der Waals surface area contributed by atoms with Crippen molar-refractivity contribution in [2.75, 3.05) is 25.6 Å². The summed E-state index contributed by atoms with van der Waals surface area (Å²) in [4.78, 5) is 6.05. The summed E-state index contributed by atoms with van der Waals surface area (Å²) in [6, 6.07) is 1.94. The highest BCUT2D eigenvalue weighted by atomic mass is 19.4. The maximum absolute atomic E-state index is 12.8. The van der Waals surface area contributed by atoms with Crippen LogP contribution in [0, 0.1) is 0 Å². The van der Waals surface area contributed by atoms with Crippen LogP contribution in [0.25, 0.3) is 0 Å². The number of aromatic nitrogens is 1. The average Bonchev–Trinajstić information content (AvgIpc) is 2.45. The van der Waals surface area contributed by atoms with Crippen molar-refractivity contribution in [2.45, 2.75) is 31.5 Å². The maximum atomic E-state index is 12.8. The Labute approximate surface area is 121 Å². The summed E-state index contributed by atoms with van der Waals surface area (Å²) in [6.45, 7) is 1.29. The van der Waals surface area contributed by atoms with E-state index in [1.54, 1.807) is 0 Å². The van der Waals surface area contributed by atoms with Gasteiger partial charge in [0, 0.05) is 12.1 Å². The van der Waals surface area contributed by atoms with Gasteiger partial charge in [0.05, 0.1) is 5.56 Å². The van der Waals surface area contributed by atoms with E-state index < -0.39 is 11.7 Å². The van der Waals surface area contributed by atoms with Crippen LogP contribution in [0.4, 0.5) is 19.0 Å². The molecular weight excluding hydrogens is 285 g/mol. The van der Waals surface area contributed by atoms with E-state index in [4.69, 9.17) is 10.6 Å². The zero-order chi connectivity index (χ0) is 15.5. The number of hydrogen-bond donors (Lipinski definition) is 2. The van der Waals surface area contributed by atoms with Gasteiger partial charge in [-0.05, 0) is 32.5 Å². The molecule has 0 bridgehead atoms. The van der Waals surface area contributed by atoms with Crippen molar-refractivity contribution in [1.82, 2.24) is 9.88 Å². The normalized spacial score (nSPS) is 20.3. The smallest absolute Gasteiger partial charge is 0.416 e. The molecule has 2 rings (SSSR count). The highest BCUT2D eigenvalue weighted by molar-refractivity contribution is 5.41. The molecule has 1 aliphatic rings. The Morgan fingerprint density at radius 3 is 2.81 bits per heavy atom. The number of nitrogens with one attached hydrogen (secondary N) is 1. The minimum absolute atomic E-state index is 0.0724. The fourth-order valence-electron chi connectivity index (χ4n) is 2.35. The summed E-state index contributed by atoms with van der Waals surface area (Å²) in [5, 5.41) is 0. The Bertz CT molecular complexity index is 481. The number of nitrogen functional groups attached to an aromatic ring is 1. The Hall–Kier alpha value is -1.54. The van der Waals surface area contributed by atoms with Gasteiger partial charge in [-0.3, -0.25) is 0 Å². The second kappa shape index (κ2) is 6.48. The van der Waals surface area contributed by atoms with Crippen LogP contribution in [0.15, 0.2) is 12.1 Å². The first-order valence-electron chi connectivity index (χ1n) is 6.79.